The largest absolute Gasteiger partial charge is 0.380 e. The molecule has 1 aromatic carbocycles. The molecule has 2 heterocycles. The van der Waals surface area contributed by atoms with Gasteiger partial charge in [-0.2, -0.15) is 0 Å². The number of nitrogens with one attached hydrogen (secondary N) is 1. The van der Waals surface area contributed by atoms with Crippen LogP contribution in [0.25, 0.3) is 0 Å². The molecule has 1 aliphatic heterocycles. The Balaban J connectivity index is 0.00000126. The van der Waals surface area contributed by atoms with Crippen LogP contribution in [0.2, 0.25) is 5.02 Å². The highest BCUT2D eigenvalue weighted by Crippen LogP contribution is 2.29. The number of aromatic nitrogens is 1. The van der Waals surface area contributed by atoms with Gasteiger partial charge in [0, 0.05) is 32.4 Å². The topological polar surface area (TPSA) is 37.3 Å². The van der Waals surface area contributed by atoms with E-state index in [2.05, 4.69) is 48.5 Å². The first kappa shape index (κ1) is 21.5. The van der Waals surface area contributed by atoms with Crippen molar-refractivity contribution in [3.8, 4) is 0 Å². The van der Waals surface area contributed by atoms with Gasteiger partial charge in [-0.25, -0.2) is 0 Å². The third-order valence-electron chi connectivity index (χ3n) is 5.06. The molecule has 4 nitrogen and oxygen atoms in total. The highest BCUT2D eigenvalue weighted by molar-refractivity contribution is 6.33. The molecule has 0 bridgehead atoms. The summed E-state index contributed by atoms with van der Waals surface area (Å²) in [4.78, 5) is 14.4. The van der Waals surface area contributed by atoms with E-state index in [9.17, 15) is 4.79 Å². The summed E-state index contributed by atoms with van der Waals surface area (Å²) in [6.07, 6.45) is 3.85. The van der Waals surface area contributed by atoms with E-state index in [4.69, 9.17) is 11.6 Å². The van der Waals surface area contributed by atoms with Gasteiger partial charge in [0.15, 0.2) is 0 Å². The highest BCUT2D eigenvalue weighted by Gasteiger charge is 2.27. The lowest BCUT2D eigenvalue weighted by Crippen LogP contribution is -2.43. The van der Waals surface area contributed by atoms with Gasteiger partial charge in [-0.05, 0) is 43.0 Å². The summed E-state index contributed by atoms with van der Waals surface area (Å²) in [5, 5.41) is 3.75. The molecule has 1 fully saturated rings. The Morgan fingerprint density at radius 1 is 1.11 bits per heavy atom. The fourth-order valence-electron chi connectivity index (χ4n) is 3.62. The van der Waals surface area contributed by atoms with E-state index in [1.165, 1.54) is 15.7 Å². The number of rotatable bonds is 4. The van der Waals surface area contributed by atoms with E-state index >= 15 is 0 Å². The number of aryl methyl sites for hydroxylation is 2. The third kappa shape index (κ3) is 5.36. The molecule has 1 aliphatic rings. The zero-order valence-electron chi connectivity index (χ0n) is 17.1. The Labute approximate surface area is 168 Å². The minimum Gasteiger partial charge on any atom is -0.380 e. The van der Waals surface area contributed by atoms with Gasteiger partial charge in [-0.3, -0.25) is 4.79 Å². The predicted octanol–water partition coefficient (Wildman–Crippen LogP) is 4.53. The second-order valence-electron chi connectivity index (χ2n) is 7.05. The summed E-state index contributed by atoms with van der Waals surface area (Å²) in [7, 11) is 3.86. The van der Waals surface area contributed by atoms with Crippen LogP contribution in [0.3, 0.4) is 0 Å². The quantitative estimate of drug-likeness (QED) is 0.834. The Morgan fingerprint density at radius 3 is 2.41 bits per heavy atom. The molecule has 148 valence electrons. The van der Waals surface area contributed by atoms with Crippen LogP contribution in [0.4, 0.5) is 5.69 Å². The van der Waals surface area contributed by atoms with E-state index in [-0.39, 0.29) is 16.6 Å². The van der Waals surface area contributed by atoms with Gasteiger partial charge in [0.25, 0.3) is 5.56 Å². The number of likely N-dealkylation sites (tertiary alicyclic amines) is 1. The molecule has 0 saturated carbocycles. The summed E-state index contributed by atoms with van der Waals surface area (Å²) in [6, 6.07) is 11.1. The lowest BCUT2D eigenvalue weighted by atomic mass is 9.87. The average molecular weight is 390 g/mol. The summed E-state index contributed by atoms with van der Waals surface area (Å²) in [6.45, 7) is 8.17. The van der Waals surface area contributed by atoms with Gasteiger partial charge in [0.1, 0.15) is 5.02 Å². The van der Waals surface area contributed by atoms with Gasteiger partial charge in [0.05, 0.1) is 5.69 Å². The normalized spacial score (nSPS) is 19.9. The number of halogens is 1. The lowest BCUT2D eigenvalue weighted by Gasteiger charge is -2.37. The first-order valence-corrected chi connectivity index (χ1v) is 10.2. The highest BCUT2D eigenvalue weighted by atomic mass is 35.5. The van der Waals surface area contributed by atoms with E-state index in [1.807, 2.05) is 19.9 Å². The average Bonchev–Trinajstić information content (AvgIpc) is 2.69. The standard InChI is InChI=1S/C20H26ClN3O.C2H6/c1-4-14-5-7-15(8-6-14)16-11-17(13-23(2)12-16)22-18-9-10-24(3)20(25)19(18)21;1-2/h5-10,16-17,22H,4,11-13H2,1-3H3;1-2H3. The van der Waals surface area contributed by atoms with E-state index < -0.39 is 0 Å². The molecule has 1 N–H and O–H groups in total. The van der Waals surface area contributed by atoms with Gasteiger partial charge < -0.3 is 14.8 Å². The molecule has 1 saturated heterocycles. The number of benzene rings is 1. The molecular formula is C22H32ClN3O. The van der Waals surface area contributed by atoms with Crippen LogP contribution in [-0.4, -0.2) is 35.6 Å². The van der Waals surface area contributed by atoms with E-state index in [0.717, 1.165) is 31.6 Å². The van der Waals surface area contributed by atoms with Crippen molar-refractivity contribution in [1.29, 1.82) is 0 Å². The molecule has 2 unspecified atom stereocenters. The van der Waals surface area contributed by atoms with Crippen molar-refractivity contribution in [1.82, 2.24) is 9.47 Å². The van der Waals surface area contributed by atoms with Crippen molar-refractivity contribution in [3.05, 3.63) is 63.0 Å². The van der Waals surface area contributed by atoms with Crippen LogP contribution in [0.5, 0.6) is 0 Å². The monoisotopic (exact) mass is 389 g/mol. The lowest BCUT2D eigenvalue weighted by molar-refractivity contribution is 0.235. The van der Waals surface area contributed by atoms with Gasteiger partial charge in [-0.15, -0.1) is 0 Å². The van der Waals surface area contributed by atoms with Gasteiger partial charge in [0.2, 0.25) is 0 Å². The molecule has 3 rings (SSSR count). The fourth-order valence-corrected chi connectivity index (χ4v) is 3.87. The SMILES string of the molecule is CC.CCc1ccc(C2CC(Nc3ccn(C)c(=O)c3Cl)CN(C)C2)cc1. The number of nitrogens with zero attached hydrogens (tertiary/aromatic N) is 2. The Kier molecular flexibility index (Phi) is 7.93. The van der Waals surface area contributed by atoms with Crippen molar-refractivity contribution >= 4 is 17.3 Å². The van der Waals surface area contributed by atoms with Crippen LogP contribution in [0.15, 0.2) is 41.3 Å². The van der Waals surface area contributed by atoms with Crippen molar-refractivity contribution in [2.75, 3.05) is 25.5 Å². The molecule has 5 heteroatoms. The van der Waals surface area contributed by atoms with Crippen LogP contribution < -0.4 is 10.9 Å². The van der Waals surface area contributed by atoms with Gasteiger partial charge in [-0.1, -0.05) is 56.6 Å². The molecule has 0 spiro atoms. The minimum atomic E-state index is -0.164. The van der Waals surface area contributed by atoms with Crippen LogP contribution in [0, 0.1) is 0 Å². The summed E-state index contributed by atoms with van der Waals surface area (Å²) < 4.78 is 1.50. The first-order chi connectivity index (χ1) is 13.0. The maximum Gasteiger partial charge on any atom is 0.271 e. The smallest absolute Gasteiger partial charge is 0.271 e. The maximum atomic E-state index is 12.0. The number of piperidine rings is 1. The molecule has 2 aromatic rings. The summed E-state index contributed by atoms with van der Waals surface area (Å²) in [5.74, 6) is 0.479. The minimum absolute atomic E-state index is 0.164. The number of anilines is 1. The number of hydrogen-bond donors (Lipinski definition) is 1. The zero-order valence-corrected chi connectivity index (χ0v) is 17.9. The number of pyridine rings is 1. The van der Waals surface area contributed by atoms with E-state index in [0.29, 0.717) is 5.92 Å². The van der Waals surface area contributed by atoms with Crippen molar-refractivity contribution < 1.29 is 0 Å². The molecule has 0 radical (unpaired) electrons. The molecule has 27 heavy (non-hydrogen) atoms. The number of likely N-dealkylation sites (N-methyl/N-ethyl adjacent to an activating group) is 1. The summed E-state index contributed by atoms with van der Waals surface area (Å²) in [5.41, 5.74) is 3.31. The zero-order chi connectivity index (χ0) is 20.0. The van der Waals surface area contributed by atoms with Crippen molar-refractivity contribution in [2.24, 2.45) is 7.05 Å². The Bertz CT molecular complexity index is 785. The molecule has 0 amide bonds. The van der Waals surface area contributed by atoms with Crippen LogP contribution in [0.1, 0.15) is 44.2 Å². The Morgan fingerprint density at radius 2 is 1.78 bits per heavy atom. The fraction of sp³-hybridized carbons (Fsp3) is 0.500. The van der Waals surface area contributed by atoms with Crippen molar-refractivity contribution in [2.45, 2.75) is 45.6 Å². The van der Waals surface area contributed by atoms with Crippen molar-refractivity contribution in [3.63, 3.8) is 0 Å². The number of hydrogen-bond acceptors (Lipinski definition) is 3. The molecule has 0 aliphatic carbocycles. The van der Waals surface area contributed by atoms with E-state index in [1.54, 1.807) is 13.2 Å². The Hall–Kier alpha value is -1.78. The first-order valence-electron chi connectivity index (χ1n) is 9.87. The molecular weight excluding hydrogens is 358 g/mol. The summed E-state index contributed by atoms with van der Waals surface area (Å²) >= 11 is 6.23. The van der Waals surface area contributed by atoms with Gasteiger partial charge >= 0.3 is 0 Å². The molecule has 2 atom stereocenters. The van der Waals surface area contributed by atoms with Crippen LogP contribution >= 0.6 is 11.6 Å². The second kappa shape index (κ2) is 9.95. The van der Waals surface area contributed by atoms with Crippen LogP contribution in [-0.2, 0) is 13.5 Å². The second-order valence-corrected chi connectivity index (χ2v) is 7.43. The maximum absolute atomic E-state index is 12.0. The molecule has 1 aromatic heterocycles. The third-order valence-corrected chi connectivity index (χ3v) is 5.43. The predicted molar refractivity (Wildman–Crippen MR) is 116 cm³/mol.